The van der Waals surface area contributed by atoms with Crippen molar-refractivity contribution >= 4 is 41.7 Å². The molecule has 0 atom stereocenters. The highest BCUT2D eigenvalue weighted by Gasteiger charge is 2.09. The summed E-state index contributed by atoms with van der Waals surface area (Å²) in [6.45, 7) is 4.50. The SMILES string of the molecule is COCCNC(=NCc1nnc(C)n1C)N(C)Cc1ccc(SC)cc1.I. The Morgan fingerprint density at radius 3 is 2.56 bits per heavy atom. The zero-order valence-electron chi connectivity index (χ0n) is 16.6. The molecule has 1 heterocycles. The molecule has 1 N–H and O–H groups in total. The number of guanidine groups is 1. The monoisotopic (exact) mass is 504 g/mol. The van der Waals surface area contributed by atoms with Gasteiger partial charge in [0.05, 0.1) is 6.61 Å². The van der Waals surface area contributed by atoms with Gasteiger partial charge < -0.3 is 19.5 Å². The summed E-state index contributed by atoms with van der Waals surface area (Å²) in [5.74, 6) is 2.54. The van der Waals surface area contributed by atoms with Crippen LogP contribution in [-0.4, -0.2) is 59.2 Å². The third-order valence-corrected chi connectivity index (χ3v) is 4.83. The van der Waals surface area contributed by atoms with Gasteiger partial charge in [-0.15, -0.1) is 45.9 Å². The van der Waals surface area contributed by atoms with Crippen LogP contribution in [0.5, 0.6) is 0 Å². The van der Waals surface area contributed by atoms with E-state index in [0.717, 1.165) is 24.2 Å². The molecule has 27 heavy (non-hydrogen) atoms. The second-order valence-corrected chi connectivity index (χ2v) is 6.87. The van der Waals surface area contributed by atoms with Gasteiger partial charge in [-0.25, -0.2) is 4.99 Å². The summed E-state index contributed by atoms with van der Waals surface area (Å²) in [6.07, 6.45) is 2.08. The lowest BCUT2D eigenvalue weighted by molar-refractivity contribution is 0.203. The quantitative estimate of drug-likeness (QED) is 0.196. The van der Waals surface area contributed by atoms with Crippen LogP contribution in [0.3, 0.4) is 0 Å². The van der Waals surface area contributed by atoms with Gasteiger partial charge in [0.2, 0.25) is 0 Å². The standard InChI is InChI=1S/C18H28N6OS.HI/c1-14-21-22-17(24(14)3)12-20-18(19-10-11-25-4)23(2)13-15-6-8-16(26-5)9-7-15;/h6-9H,10-13H2,1-5H3,(H,19,20);1H. The molecule has 2 aromatic rings. The molecule has 9 heteroatoms. The molecule has 0 amide bonds. The van der Waals surface area contributed by atoms with Crippen molar-refractivity contribution in [3.8, 4) is 0 Å². The Labute approximate surface area is 183 Å². The summed E-state index contributed by atoms with van der Waals surface area (Å²) in [5, 5.41) is 11.6. The molecule has 0 aliphatic heterocycles. The average Bonchev–Trinajstić information content (AvgIpc) is 2.97. The Bertz CT molecular complexity index is 719. The zero-order valence-corrected chi connectivity index (χ0v) is 19.7. The van der Waals surface area contributed by atoms with E-state index < -0.39 is 0 Å². The molecular formula is C18H29IN6OS. The van der Waals surface area contributed by atoms with E-state index >= 15 is 0 Å². The lowest BCUT2D eigenvalue weighted by Gasteiger charge is -2.22. The number of hydrogen-bond donors (Lipinski definition) is 1. The number of benzene rings is 1. The van der Waals surface area contributed by atoms with Crippen LogP contribution in [0.15, 0.2) is 34.2 Å². The van der Waals surface area contributed by atoms with E-state index in [-0.39, 0.29) is 24.0 Å². The van der Waals surface area contributed by atoms with Crippen molar-refractivity contribution in [3.05, 3.63) is 41.5 Å². The molecule has 0 bridgehead atoms. The summed E-state index contributed by atoms with van der Waals surface area (Å²) >= 11 is 1.75. The van der Waals surface area contributed by atoms with Crippen molar-refractivity contribution in [2.24, 2.45) is 12.0 Å². The first-order chi connectivity index (χ1) is 12.5. The van der Waals surface area contributed by atoms with Gasteiger partial charge in [0.1, 0.15) is 12.4 Å². The Balaban J connectivity index is 0.00000364. The zero-order chi connectivity index (χ0) is 18.9. The highest BCUT2D eigenvalue weighted by Crippen LogP contribution is 2.15. The molecule has 2 rings (SSSR count). The topological polar surface area (TPSA) is 67.6 Å². The molecule has 0 aliphatic rings. The van der Waals surface area contributed by atoms with Crippen LogP contribution in [0, 0.1) is 6.92 Å². The molecule has 7 nitrogen and oxygen atoms in total. The maximum absolute atomic E-state index is 5.14. The first-order valence-corrected chi connectivity index (χ1v) is 9.73. The lowest BCUT2D eigenvalue weighted by atomic mass is 10.2. The third-order valence-electron chi connectivity index (χ3n) is 4.08. The van der Waals surface area contributed by atoms with Crippen LogP contribution >= 0.6 is 35.7 Å². The van der Waals surface area contributed by atoms with E-state index in [1.165, 1.54) is 10.5 Å². The molecule has 1 aromatic heterocycles. The lowest BCUT2D eigenvalue weighted by Crippen LogP contribution is -2.40. The minimum absolute atomic E-state index is 0. The summed E-state index contributed by atoms with van der Waals surface area (Å²) in [4.78, 5) is 8.09. The number of aliphatic imine (C=N–C) groups is 1. The largest absolute Gasteiger partial charge is 0.383 e. The number of nitrogens with one attached hydrogen (secondary N) is 1. The predicted octanol–water partition coefficient (Wildman–Crippen LogP) is 2.69. The molecule has 0 radical (unpaired) electrons. The van der Waals surface area contributed by atoms with Crippen LogP contribution < -0.4 is 5.32 Å². The molecule has 150 valence electrons. The number of rotatable bonds is 8. The van der Waals surface area contributed by atoms with Gasteiger partial charge in [-0.05, 0) is 30.9 Å². The van der Waals surface area contributed by atoms with E-state index in [1.54, 1.807) is 18.9 Å². The number of hydrogen-bond acceptors (Lipinski definition) is 5. The van der Waals surface area contributed by atoms with Crippen molar-refractivity contribution in [1.29, 1.82) is 0 Å². The predicted molar refractivity (Wildman–Crippen MR) is 122 cm³/mol. The summed E-state index contributed by atoms with van der Waals surface area (Å²) < 4.78 is 7.09. The molecule has 1 aromatic carbocycles. The minimum Gasteiger partial charge on any atom is -0.383 e. The molecule has 0 spiro atoms. The number of aromatic nitrogens is 3. The fraction of sp³-hybridized carbons (Fsp3) is 0.500. The number of ether oxygens (including phenoxy) is 1. The van der Waals surface area contributed by atoms with Crippen LogP contribution in [0.25, 0.3) is 0 Å². The number of halogens is 1. The third kappa shape index (κ3) is 7.30. The number of nitrogens with zero attached hydrogens (tertiary/aromatic N) is 5. The maximum atomic E-state index is 5.14. The van der Waals surface area contributed by atoms with Crippen molar-refractivity contribution < 1.29 is 4.74 Å². The van der Waals surface area contributed by atoms with E-state index in [9.17, 15) is 0 Å². The fourth-order valence-electron chi connectivity index (χ4n) is 2.39. The number of thioether (sulfide) groups is 1. The van der Waals surface area contributed by atoms with E-state index in [4.69, 9.17) is 9.73 Å². The second-order valence-electron chi connectivity index (χ2n) is 5.99. The molecule has 0 fully saturated rings. The van der Waals surface area contributed by atoms with Crippen LogP contribution in [0.2, 0.25) is 0 Å². The van der Waals surface area contributed by atoms with Gasteiger partial charge in [-0.2, -0.15) is 0 Å². The fourth-order valence-corrected chi connectivity index (χ4v) is 2.80. The van der Waals surface area contributed by atoms with Crippen molar-refractivity contribution in [2.75, 3.05) is 33.6 Å². The highest BCUT2D eigenvalue weighted by molar-refractivity contribution is 14.0. The van der Waals surface area contributed by atoms with E-state index in [0.29, 0.717) is 19.7 Å². The Kier molecular flexibility index (Phi) is 10.7. The number of methoxy groups -OCH3 is 1. The van der Waals surface area contributed by atoms with Gasteiger partial charge in [-0.1, -0.05) is 12.1 Å². The molecular weight excluding hydrogens is 475 g/mol. The molecule has 0 saturated carbocycles. The van der Waals surface area contributed by atoms with Crippen LogP contribution in [-0.2, 0) is 24.9 Å². The normalized spacial score (nSPS) is 11.2. The van der Waals surface area contributed by atoms with Crippen molar-refractivity contribution in [2.45, 2.75) is 24.9 Å². The van der Waals surface area contributed by atoms with Gasteiger partial charge >= 0.3 is 0 Å². The Hall–Kier alpha value is -1.33. The van der Waals surface area contributed by atoms with E-state index in [2.05, 4.69) is 50.9 Å². The Morgan fingerprint density at radius 2 is 2.00 bits per heavy atom. The smallest absolute Gasteiger partial charge is 0.194 e. The van der Waals surface area contributed by atoms with Gasteiger partial charge in [0.25, 0.3) is 0 Å². The van der Waals surface area contributed by atoms with Gasteiger partial charge in [0, 0.05) is 39.2 Å². The minimum atomic E-state index is 0. The average molecular weight is 504 g/mol. The second kappa shape index (κ2) is 12.2. The molecule has 0 unspecified atom stereocenters. The highest BCUT2D eigenvalue weighted by atomic mass is 127. The first-order valence-electron chi connectivity index (χ1n) is 8.51. The Morgan fingerprint density at radius 1 is 1.30 bits per heavy atom. The van der Waals surface area contributed by atoms with Crippen LogP contribution in [0.4, 0.5) is 0 Å². The summed E-state index contributed by atoms with van der Waals surface area (Å²) in [5.41, 5.74) is 1.24. The maximum Gasteiger partial charge on any atom is 0.194 e. The summed E-state index contributed by atoms with van der Waals surface area (Å²) in [7, 11) is 5.68. The first kappa shape index (κ1) is 23.7. The van der Waals surface area contributed by atoms with Crippen molar-refractivity contribution in [1.82, 2.24) is 25.0 Å². The van der Waals surface area contributed by atoms with Gasteiger partial charge in [-0.3, -0.25) is 0 Å². The summed E-state index contributed by atoms with van der Waals surface area (Å²) in [6, 6.07) is 8.60. The van der Waals surface area contributed by atoms with Crippen molar-refractivity contribution in [3.63, 3.8) is 0 Å². The van der Waals surface area contributed by atoms with E-state index in [1.807, 2.05) is 25.6 Å². The van der Waals surface area contributed by atoms with Crippen LogP contribution in [0.1, 0.15) is 17.2 Å². The molecule has 0 aliphatic carbocycles. The number of aryl methyl sites for hydroxylation is 1. The molecule has 0 saturated heterocycles. The van der Waals surface area contributed by atoms with Gasteiger partial charge in [0.15, 0.2) is 11.8 Å².